The summed E-state index contributed by atoms with van der Waals surface area (Å²) in [6.07, 6.45) is 2.19. The fourth-order valence-electron chi connectivity index (χ4n) is 1.34. The van der Waals surface area contributed by atoms with Crippen LogP contribution in [0.1, 0.15) is 18.7 Å². The van der Waals surface area contributed by atoms with Crippen molar-refractivity contribution in [2.75, 3.05) is 7.11 Å². The quantitative estimate of drug-likeness (QED) is 0.617. The number of H-pyrrole nitrogens is 1. The average Bonchev–Trinajstić information content (AvgIpc) is 2.98. The molecule has 0 aliphatic heterocycles. The zero-order valence-electron chi connectivity index (χ0n) is 8.69. The third-order valence-corrected chi connectivity index (χ3v) is 3.52. The third kappa shape index (κ3) is 2.50. The number of ether oxygens (including phenoxy) is 1. The van der Waals surface area contributed by atoms with Crippen LogP contribution in [0.15, 0.2) is 5.16 Å². The van der Waals surface area contributed by atoms with Gasteiger partial charge in [0.05, 0.1) is 7.11 Å². The maximum absolute atomic E-state index is 11.5. The molecule has 0 radical (unpaired) electrons. The summed E-state index contributed by atoms with van der Waals surface area (Å²) in [4.78, 5) is 15.7. The molecule has 1 unspecified atom stereocenters. The first-order valence-corrected chi connectivity index (χ1v) is 5.72. The summed E-state index contributed by atoms with van der Waals surface area (Å²) in [6.45, 7) is 1.83. The van der Waals surface area contributed by atoms with Crippen LogP contribution < -0.4 is 0 Å². The van der Waals surface area contributed by atoms with Gasteiger partial charge in [-0.05, 0) is 25.7 Å². The highest BCUT2D eigenvalue weighted by molar-refractivity contribution is 8.00. The van der Waals surface area contributed by atoms with Gasteiger partial charge >= 0.3 is 5.97 Å². The summed E-state index contributed by atoms with van der Waals surface area (Å²) < 4.78 is 4.77. The van der Waals surface area contributed by atoms with E-state index < -0.39 is 0 Å². The number of aryl methyl sites for hydroxylation is 1. The standard InChI is InChI=1S/C9H13N3O2S/c1-5-10-9(12-11-5)15-7(6-3-4-6)8(13)14-2/h6-7H,3-4H2,1-2H3,(H,10,11,12). The Balaban J connectivity index is 2.03. The van der Waals surface area contributed by atoms with Crippen molar-refractivity contribution < 1.29 is 9.53 Å². The van der Waals surface area contributed by atoms with Crippen LogP contribution in [0.5, 0.6) is 0 Å². The van der Waals surface area contributed by atoms with E-state index in [0.717, 1.165) is 18.7 Å². The number of esters is 1. The predicted molar refractivity (Wildman–Crippen MR) is 55.5 cm³/mol. The molecule has 1 heterocycles. The Labute approximate surface area is 92.0 Å². The van der Waals surface area contributed by atoms with Gasteiger partial charge in [-0.1, -0.05) is 11.8 Å². The molecule has 0 amide bonds. The van der Waals surface area contributed by atoms with Crippen molar-refractivity contribution in [3.05, 3.63) is 5.82 Å². The summed E-state index contributed by atoms with van der Waals surface area (Å²) in [7, 11) is 1.42. The van der Waals surface area contributed by atoms with Gasteiger partial charge in [0.25, 0.3) is 0 Å². The molecular formula is C9H13N3O2S. The smallest absolute Gasteiger partial charge is 0.319 e. The topological polar surface area (TPSA) is 67.9 Å². The van der Waals surface area contributed by atoms with Gasteiger partial charge < -0.3 is 4.74 Å². The Bertz CT molecular complexity index is 362. The van der Waals surface area contributed by atoms with E-state index in [9.17, 15) is 4.79 Å². The van der Waals surface area contributed by atoms with Gasteiger partial charge in [-0.2, -0.15) is 0 Å². The number of hydrogen-bond acceptors (Lipinski definition) is 5. The van der Waals surface area contributed by atoms with E-state index in [1.807, 2.05) is 6.92 Å². The van der Waals surface area contributed by atoms with Crippen LogP contribution in [0.4, 0.5) is 0 Å². The number of carbonyl (C=O) groups is 1. The van der Waals surface area contributed by atoms with E-state index in [-0.39, 0.29) is 11.2 Å². The molecular weight excluding hydrogens is 214 g/mol. The zero-order valence-corrected chi connectivity index (χ0v) is 9.50. The SMILES string of the molecule is COC(=O)C(Sc1n[nH]c(C)n1)C1CC1. The predicted octanol–water partition coefficient (Wildman–Crippen LogP) is 1.16. The summed E-state index contributed by atoms with van der Waals surface area (Å²) in [5.41, 5.74) is 0. The molecule has 1 atom stereocenters. The number of aromatic nitrogens is 3. The summed E-state index contributed by atoms with van der Waals surface area (Å²) in [5.74, 6) is 1.02. The molecule has 6 heteroatoms. The number of hydrogen-bond donors (Lipinski definition) is 1. The van der Waals surface area contributed by atoms with E-state index in [2.05, 4.69) is 15.2 Å². The van der Waals surface area contributed by atoms with Gasteiger partial charge in [-0.15, -0.1) is 5.10 Å². The molecule has 2 rings (SSSR count). The lowest BCUT2D eigenvalue weighted by Gasteiger charge is -2.10. The lowest BCUT2D eigenvalue weighted by molar-refractivity contribution is -0.140. The van der Waals surface area contributed by atoms with E-state index in [1.165, 1.54) is 18.9 Å². The van der Waals surface area contributed by atoms with Crippen molar-refractivity contribution in [3.8, 4) is 0 Å². The molecule has 0 spiro atoms. The van der Waals surface area contributed by atoms with Crippen molar-refractivity contribution in [1.82, 2.24) is 15.2 Å². The molecule has 1 aromatic heterocycles. The Hall–Kier alpha value is -1.04. The summed E-state index contributed by atoms with van der Waals surface area (Å²) in [6, 6.07) is 0. The molecule has 1 aliphatic carbocycles. The van der Waals surface area contributed by atoms with Crippen molar-refractivity contribution in [2.45, 2.75) is 30.2 Å². The van der Waals surface area contributed by atoms with Gasteiger partial charge in [0.2, 0.25) is 5.16 Å². The van der Waals surface area contributed by atoms with Gasteiger partial charge in [0.1, 0.15) is 11.1 Å². The van der Waals surface area contributed by atoms with E-state index in [0.29, 0.717) is 11.1 Å². The molecule has 1 N–H and O–H groups in total. The number of carbonyl (C=O) groups excluding carboxylic acids is 1. The maximum Gasteiger partial charge on any atom is 0.319 e. The highest BCUT2D eigenvalue weighted by atomic mass is 32.2. The first-order chi connectivity index (χ1) is 7.20. The molecule has 82 valence electrons. The molecule has 15 heavy (non-hydrogen) atoms. The Morgan fingerprint density at radius 2 is 2.40 bits per heavy atom. The summed E-state index contributed by atoms with van der Waals surface area (Å²) in [5, 5.41) is 7.23. The molecule has 1 aliphatic rings. The Kier molecular flexibility index (Phi) is 2.95. The minimum atomic E-state index is -0.176. The molecule has 1 saturated carbocycles. The van der Waals surface area contributed by atoms with Crippen molar-refractivity contribution in [3.63, 3.8) is 0 Å². The fraction of sp³-hybridized carbons (Fsp3) is 0.667. The Morgan fingerprint density at radius 1 is 1.67 bits per heavy atom. The minimum Gasteiger partial charge on any atom is -0.468 e. The van der Waals surface area contributed by atoms with Crippen LogP contribution in [0.3, 0.4) is 0 Å². The first-order valence-electron chi connectivity index (χ1n) is 4.84. The van der Waals surface area contributed by atoms with Gasteiger partial charge in [-0.25, -0.2) is 4.98 Å². The van der Waals surface area contributed by atoms with Crippen molar-refractivity contribution >= 4 is 17.7 Å². The van der Waals surface area contributed by atoms with E-state index in [1.54, 1.807) is 0 Å². The monoisotopic (exact) mass is 227 g/mol. The van der Waals surface area contributed by atoms with Crippen LogP contribution in [0, 0.1) is 12.8 Å². The lowest BCUT2D eigenvalue weighted by atomic mass is 10.3. The molecule has 0 saturated heterocycles. The normalized spacial score (nSPS) is 17.5. The number of thioether (sulfide) groups is 1. The molecule has 1 fully saturated rings. The lowest BCUT2D eigenvalue weighted by Crippen LogP contribution is -2.21. The second-order valence-corrected chi connectivity index (χ2v) is 4.71. The van der Waals surface area contributed by atoms with Gasteiger partial charge in [0, 0.05) is 0 Å². The highest BCUT2D eigenvalue weighted by Crippen LogP contribution is 2.41. The average molecular weight is 227 g/mol. The van der Waals surface area contributed by atoms with Crippen molar-refractivity contribution in [1.29, 1.82) is 0 Å². The molecule has 1 aromatic rings. The molecule has 5 nitrogen and oxygen atoms in total. The second-order valence-electron chi connectivity index (χ2n) is 3.60. The van der Waals surface area contributed by atoms with Gasteiger partial charge in [0.15, 0.2) is 0 Å². The van der Waals surface area contributed by atoms with E-state index >= 15 is 0 Å². The zero-order chi connectivity index (χ0) is 10.8. The van der Waals surface area contributed by atoms with Crippen LogP contribution in [-0.2, 0) is 9.53 Å². The van der Waals surface area contributed by atoms with Crippen LogP contribution in [0.2, 0.25) is 0 Å². The van der Waals surface area contributed by atoms with Crippen LogP contribution in [-0.4, -0.2) is 33.5 Å². The van der Waals surface area contributed by atoms with Crippen LogP contribution >= 0.6 is 11.8 Å². The number of nitrogens with one attached hydrogen (secondary N) is 1. The second kappa shape index (κ2) is 4.22. The number of aromatic amines is 1. The fourth-order valence-corrected chi connectivity index (χ4v) is 2.51. The largest absolute Gasteiger partial charge is 0.468 e. The summed E-state index contributed by atoms with van der Waals surface area (Å²) >= 11 is 1.38. The van der Waals surface area contributed by atoms with Crippen LogP contribution in [0.25, 0.3) is 0 Å². The Morgan fingerprint density at radius 3 is 2.87 bits per heavy atom. The molecule has 0 aromatic carbocycles. The number of rotatable bonds is 4. The molecule has 0 bridgehead atoms. The number of nitrogens with zero attached hydrogens (tertiary/aromatic N) is 2. The highest BCUT2D eigenvalue weighted by Gasteiger charge is 2.38. The number of methoxy groups -OCH3 is 1. The minimum absolute atomic E-state index is 0.148. The van der Waals surface area contributed by atoms with Crippen molar-refractivity contribution in [2.24, 2.45) is 5.92 Å². The third-order valence-electron chi connectivity index (χ3n) is 2.29. The first kappa shape index (κ1) is 10.5. The van der Waals surface area contributed by atoms with E-state index in [4.69, 9.17) is 4.74 Å². The van der Waals surface area contributed by atoms with Gasteiger partial charge in [-0.3, -0.25) is 9.89 Å². The maximum atomic E-state index is 11.5.